The van der Waals surface area contributed by atoms with Gasteiger partial charge in [-0.3, -0.25) is 0 Å². The van der Waals surface area contributed by atoms with E-state index in [4.69, 9.17) is 15.9 Å². The molecule has 20 heavy (non-hydrogen) atoms. The maximum absolute atomic E-state index is 9.23. The second-order valence-corrected chi connectivity index (χ2v) is 4.26. The molecule has 0 spiro atoms. The van der Waals surface area contributed by atoms with Crippen molar-refractivity contribution in [1.82, 2.24) is 0 Å². The van der Waals surface area contributed by atoms with E-state index < -0.39 is 24.4 Å². The first-order valence-corrected chi connectivity index (χ1v) is 6.10. The zero-order valence-electron chi connectivity index (χ0n) is 12.1. The van der Waals surface area contributed by atoms with E-state index in [0.29, 0.717) is 0 Å². The van der Waals surface area contributed by atoms with E-state index in [-0.39, 0.29) is 52.7 Å². The zero-order chi connectivity index (χ0) is 13.4. The van der Waals surface area contributed by atoms with Crippen LogP contribution in [0, 0.1) is 0 Å². The van der Waals surface area contributed by atoms with E-state index in [1.165, 1.54) is 25.3 Å². The number of nitrogens with two attached hydrogens (primary N) is 1. The van der Waals surface area contributed by atoms with Gasteiger partial charge in [-0.2, -0.15) is 40.5 Å². The van der Waals surface area contributed by atoms with Crippen LogP contribution < -0.4 is 5.73 Å². The van der Waals surface area contributed by atoms with E-state index in [9.17, 15) is 10.2 Å². The lowest BCUT2D eigenvalue weighted by molar-refractivity contribution is -0.0596. The first-order chi connectivity index (χ1) is 7.99. The molecule has 0 fully saturated rings. The van der Waals surface area contributed by atoms with E-state index >= 15 is 0 Å². The highest BCUT2D eigenvalue weighted by Crippen LogP contribution is 2.18. The molecule has 0 aliphatic heterocycles. The lowest BCUT2D eigenvalue weighted by atomic mass is 9.89. The average Bonchev–Trinajstić information content (AvgIpc) is 2.33. The molecule has 0 aromatic rings. The summed E-state index contributed by atoms with van der Waals surface area (Å²) in [6, 6.07) is -0.731. The fraction of sp³-hybridized carbons (Fsp3) is 0.833. The van der Waals surface area contributed by atoms with Gasteiger partial charge in [-0.1, -0.05) is 39.2 Å². The van der Waals surface area contributed by atoms with Gasteiger partial charge in [0.15, 0.2) is 0 Å². The molecule has 1 aliphatic carbocycles. The molecule has 6 N–H and O–H groups in total. The van der Waals surface area contributed by atoms with Gasteiger partial charge in [0.2, 0.25) is 0 Å². The molecule has 0 amide bonds. The summed E-state index contributed by atoms with van der Waals surface area (Å²) in [7, 11) is 0. The quantitative estimate of drug-likeness (QED) is 0.456. The van der Waals surface area contributed by atoms with Gasteiger partial charge >= 0.3 is 0 Å². The van der Waals surface area contributed by atoms with Crippen molar-refractivity contribution in [3.63, 3.8) is 0 Å². The van der Waals surface area contributed by atoms with E-state index in [1.54, 1.807) is 0 Å². The van der Waals surface area contributed by atoms with Crippen molar-refractivity contribution in [3.05, 3.63) is 11.6 Å². The first kappa shape index (κ1) is 28.7. The molecular formula is C12H31NO4S3. The first-order valence-electron chi connectivity index (χ1n) is 6.10. The zero-order valence-corrected chi connectivity index (χ0v) is 15.1. The lowest BCUT2D eigenvalue weighted by Crippen LogP contribution is -2.52. The molecule has 5 nitrogen and oxygen atoms in total. The van der Waals surface area contributed by atoms with Crippen molar-refractivity contribution in [2.45, 2.75) is 57.5 Å². The Labute approximate surface area is 142 Å². The molecule has 4 atom stereocenters. The number of rotatable bonds is 3. The third-order valence-corrected chi connectivity index (χ3v) is 2.74. The Kier molecular flexibility index (Phi) is 22.9. The summed E-state index contributed by atoms with van der Waals surface area (Å²) < 4.78 is 0. The van der Waals surface area contributed by atoms with Crippen LogP contribution in [0.15, 0.2) is 11.6 Å². The number of hydrogen-bond donors (Lipinski definition) is 5. The highest BCUT2D eigenvalue weighted by atomic mass is 32.1. The van der Waals surface area contributed by atoms with Gasteiger partial charge in [-0.25, -0.2) is 0 Å². The summed E-state index contributed by atoms with van der Waals surface area (Å²) in [5.41, 5.74) is 5.64. The predicted molar refractivity (Wildman–Crippen MR) is 97.5 cm³/mol. The molecule has 1 rings (SSSR count). The third kappa shape index (κ3) is 9.51. The van der Waals surface area contributed by atoms with Gasteiger partial charge in [-0.15, -0.1) is 0 Å². The molecule has 0 bridgehead atoms. The molecule has 0 saturated carbocycles. The summed E-state index contributed by atoms with van der Waals surface area (Å²) in [4.78, 5) is 0. The summed E-state index contributed by atoms with van der Waals surface area (Å²) >= 11 is 0. The van der Waals surface area contributed by atoms with Gasteiger partial charge in [0.25, 0.3) is 0 Å². The second-order valence-electron chi connectivity index (χ2n) is 4.26. The number of aliphatic hydroxyl groups is 4. The van der Waals surface area contributed by atoms with Gasteiger partial charge in [-0.05, 0) is 5.57 Å². The van der Waals surface area contributed by atoms with E-state index in [0.717, 1.165) is 0 Å². The Morgan fingerprint density at radius 3 is 1.75 bits per heavy atom. The molecule has 0 aromatic carbocycles. The van der Waals surface area contributed by atoms with Crippen molar-refractivity contribution in [3.8, 4) is 0 Å². The van der Waals surface area contributed by atoms with E-state index in [2.05, 4.69) is 13.8 Å². The molecule has 0 aromatic heterocycles. The van der Waals surface area contributed by atoms with Gasteiger partial charge in [0.05, 0.1) is 12.6 Å². The molecule has 0 radical (unpaired) electrons. The van der Waals surface area contributed by atoms with E-state index in [1.807, 2.05) is 0 Å². The normalized spacial score (nSPS) is 27.6. The van der Waals surface area contributed by atoms with Crippen LogP contribution in [0.25, 0.3) is 0 Å². The molecule has 1 unspecified atom stereocenters. The van der Waals surface area contributed by atoms with Crippen molar-refractivity contribution >= 4 is 40.5 Å². The highest BCUT2D eigenvalue weighted by Gasteiger charge is 2.35. The molecule has 1 aliphatic rings. The smallest absolute Gasteiger partial charge is 0.111 e. The summed E-state index contributed by atoms with van der Waals surface area (Å²) in [5.74, 6) is 0. The Bertz CT molecular complexity index is 243. The lowest BCUT2D eigenvalue weighted by Gasteiger charge is -2.32. The van der Waals surface area contributed by atoms with Crippen LogP contribution in [0.2, 0.25) is 0 Å². The molecule has 0 saturated heterocycles. The summed E-state index contributed by atoms with van der Waals surface area (Å²) in [5, 5.41) is 36.3. The maximum atomic E-state index is 9.23. The summed E-state index contributed by atoms with van der Waals surface area (Å²) in [6.07, 6.45) is 1.74. The minimum atomic E-state index is -1.31. The average molecular weight is 350 g/mol. The van der Waals surface area contributed by atoms with Crippen LogP contribution in [0.5, 0.6) is 0 Å². The van der Waals surface area contributed by atoms with Gasteiger partial charge in [0, 0.05) is 0 Å². The Morgan fingerprint density at radius 1 is 1.00 bits per heavy atom. The molecule has 126 valence electrons. The number of unbranched alkanes of at least 4 members (excludes halogenated alkanes) is 2. The minimum absolute atomic E-state index is 0. The number of aliphatic hydroxyl groups excluding tert-OH is 4. The fourth-order valence-corrected chi connectivity index (χ4v) is 1.58. The van der Waals surface area contributed by atoms with Crippen LogP contribution in [-0.4, -0.2) is 51.4 Å². The van der Waals surface area contributed by atoms with Crippen molar-refractivity contribution in [1.29, 1.82) is 0 Å². The largest absolute Gasteiger partial charge is 0.392 e. The topological polar surface area (TPSA) is 107 Å². The Morgan fingerprint density at radius 2 is 1.45 bits per heavy atom. The van der Waals surface area contributed by atoms with Gasteiger partial charge in [0.1, 0.15) is 18.3 Å². The maximum Gasteiger partial charge on any atom is 0.111 e. The number of hydrogen-bond acceptors (Lipinski definition) is 5. The monoisotopic (exact) mass is 349 g/mol. The highest BCUT2D eigenvalue weighted by molar-refractivity contribution is 7.59. The fourth-order valence-electron chi connectivity index (χ4n) is 1.58. The minimum Gasteiger partial charge on any atom is -0.392 e. The molecular weight excluding hydrogens is 318 g/mol. The van der Waals surface area contributed by atoms with Crippen LogP contribution >= 0.6 is 40.5 Å². The molecule has 8 heteroatoms. The van der Waals surface area contributed by atoms with Crippen molar-refractivity contribution < 1.29 is 20.4 Å². The molecule has 0 heterocycles. The summed E-state index contributed by atoms with van der Waals surface area (Å²) in [6.45, 7) is 4.06. The SMILES string of the molecule is CCCCC.N[C@H]1C=C(CO)[C@@H](O)C(O)[C@H]1O.S.S.S. The van der Waals surface area contributed by atoms with Crippen LogP contribution in [0.3, 0.4) is 0 Å². The van der Waals surface area contributed by atoms with Gasteiger partial charge < -0.3 is 26.2 Å². The standard InChI is InChI=1S/C7H13NO4.C5H12.3H2S/c8-4-1-3(2-9)5(10)7(12)6(4)11;1-3-5-4-2;;;/h1,4-7,9-12H,2,8H2;3-5H2,1-2H3;3*1H2/t4-,5+,6-,7?;;;;/m0..../s1. The van der Waals surface area contributed by atoms with Crippen LogP contribution in [0.4, 0.5) is 0 Å². The third-order valence-electron chi connectivity index (χ3n) is 2.74. The van der Waals surface area contributed by atoms with Crippen LogP contribution in [-0.2, 0) is 0 Å². The van der Waals surface area contributed by atoms with Crippen molar-refractivity contribution in [2.24, 2.45) is 5.73 Å². The second kappa shape index (κ2) is 16.0. The Hall–Kier alpha value is 0.590. The Balaban J connectivity index is -0.000000141. The predicted octanol–water partition coefficient (Wildman–Crippen LogP) is -0.136. The van der Waals surface area contributed by atoms with Crippen molar-refractivity contribution in [2.75, 3.05) is 6.61 Å². The van der Waals surface area contributed by atoms with Crippen LogP contribution in [0.1, 0.15) is 33.1 Å².